The molecule has 0 aliphatic rings. The molecule has 0 amide bonds. The summed E-state index contributed by atoms with van der Waals surface area (Å²) in [5.74, 6) is -0.999. The van der Waals surface area contributed by atoms with E-state index in [1.54, 1.807) is 0 Å². The van der Waals surface area contributed by atoms with Gasteiger partial charge >= 0.3 is 5.69 Å². The van der Waals surface area contributed by atoms with Crippen LogP contribution in [0.2, 0.25) is 5.02 Å². The van der Waals surface area contributed by atoms with Crippen molar-refractivity contribution in [1.82, 2.24) is 0 Å². The molecule has 0 saturated carbocycles. The summed E-state index contributed by atoms with van der Waals surface area (Å²) < 4.78 is 22.5. The van der Waals surface area contributed by atoms with Gasteiger partial charge in [0.15, 0.2) is 6.79 Å². The zero-order valence-corrected chi connectivity index (χ0v) is 8.45. The molecule has 0 N–H and O–H groups in total. The first kappa shape index (κ1) is 11.7. The molecule has 0 spiro atoms. The number of rotatable bonds is 4. The molecule has 0 saturated heterocycles. The summed E-state index contributed by atoms with van der Waals surface area (Å²) >= 11 is 5.60. The highest BCUT2D eigenvalue weighted by Crippen LogP contribution is 2.31. The van der Waals surface area contributed by atoms with E-state index in [-0.39, 0.29) is 17.6 Å². The van der Waals surface area contributed by atoms with Gasteiger partial charge in [0.25, 0.3) is 0 Å². The minimum atomic E-state index is -1.00. The van der Waals surface area contributed by atoms with E-state index in [9.17, 15) is 14.5 Å². The molecule has 1 rings (SSSR count). The fourth-order valence-corrected chi connectivity index (χ4v) is 1.10. The molecule has 1 aromatic carbocycles. The van der Waals surface area contributed by atoms with E-state index < -0.39 is 16.4 Å². The maximum Gasteiger partial charge on any atom is 0.308 e. The van der Waals surface area contributed by atoms with Crippen molar-refractivity contribution in [2.45, 2.75) is 0 Å². The second-order valence-electron chi connectivity index (χ2n) is 2.54. The van der Waals surface area contributed by atoms with Gasteiger partial charge in [0.1, 0.15) is 5.75 Å². The topological polar surface area (TPSA) is 61.6 Å². The Morgan fingerprint density at radius 2 is 2.27 bits per heavy atom. The summed E-state index contributed by atoms with van der Waals surface area (Å²) in [5, 5.41) is 10.3. The first-order valence-corrected chi connectivity index (χ1v) is 4.19. The lowest BCUT2D eigenvalue weighted by molar-refractivity contribution is -0.387. The predicted molar refractivity (Wildman–Crippen MR) is 50.6 cm³/mol. The quantitative estimate of drug-likeness (QED) is 0.457. The van der Waals surface area contributed by atoms with Crippen LogP contribution in [0, 0.1) is 15.9 Å². The number of hydrogen-bond acceptors (Lipinski definition) is 4. The van der Waals surface area contributed by atoms with Gasteiger partial charge in [-0.1, -0.05) is 11.6 Å². The van der Waals surface area contributed by atoms with Crippen molar-refractivity contribution in [3.05, 3.63) is 33.1 Å². The van der Waals surface area contributed by atoms with Gasteiger partial charge in [0, 0.05) is 13.2 Å². The van der Waals surface area contributed by atoms with Gasteiger partial charge in [-0.2, -0.15) is 4.39 Å². The second kappa shape index (κ2) is 4.90. The van der Waals surface area contributed by atoms with Crippen LogP contribution in [0.3, 0.4) is 0 Å². The standard InChI is InChI=1S/C8H7ClFNO4/c1-14-4-15-8-3-7(11(12)13)6(10)2-5(8)9/h2-3H,4H2,1H3. The smallest absolute Gasteiger partial charge is 0.308 e. The molecule has 5 nitrogen and oxygen atoms in total. The summed E-state index contributed by atoms with van der Waals surface area (Å²) in [4.78, 5) is 9.54. The first-order valence-electron chi connectivity index (χ1n) is 3.81. The Kier molecular flexibility index (Phi) is 3.81. The maximum absolute atomic E-state index is 13.0. The monoisotopic (exact) mass is 235 g/mol. The Hall–Kier alpha value is -1.40. The number of nitro groups is 1. The Bertz CT molecular complexity index is 385. The fraction of sp³-hybridized carbons (Fsp3) is 0.250. The minimum absolute atomic E-state index is 0.00613. The Morgan fingerprint density at radius 3 is 2.80 bits per heavy atom. The van der Waals surface area contributed by atoms with E-state index in [4.69, 9.17) is 16.3 Å². The highest BCUT2D eigenvalue weighted by atomic mass is 35.5. The number of nitro benzene ring substituents is 1. The predicted octanol–water partition coefficient (Wildman–Crippen LogP) is 2.37. The molecule has 0 aromatic heterocycles. The number of benzene rings is 1. The van der Waals surface area contributed by atoms with E-state index in [0.717, 1.165) is 12.1 Å². The van der Waals surface area contributed by atoms with Crippen molar-refractivity contribution >= 4 is 17.3 Å². The number of halogens is 2. The van der Waals surface area contributed by atoms with E-state index >= 15 is 0 Å². The molecule has 15 heavy (non-hydrogen) atoms. The second-order valence-corrected chi connectivity index (χ2v) is 2.95. The van der Waals surface area contributed by atoms with Gasteiger partial charge in [0.05, 0.1) is 16.0 Å². The lowest BCUT2D eigenvalue weighted by Crippen LogP contribution is -2.01. The van der Waals surface area contributed by atoms with Gasteiger partial charge in [-0.25, -0.2) is 0 Å². The Labute approximate surface area is 89.5 Å². The average Bonchev–Trinajstić information content (AvgIpc) is 2.16. The lowest BCUT2D eigenvalue weighted by Gasteiger charge is -2.06. The van der Waals surface area contributed by atoms with Crippen molar-refractivity contribution in [1.29, 1.82) is 0 Å². The minimum Gasteiger partial charge on any atom is -0.466 e. The van der Waals surface area contributed by atoms with Crippen LogP contribution in [0.25, 0.3) is 0 Å². The van der Waals surface area contributed by atoms with E-state index in [1.807, 2.05) is 0 Å². The van der Waals surface area contributed by atoms with Crippen LogP contribution in [0.15, 0.2) is 12.1 Å². The molecule has 0 bridgehead atoms. The maximum atomic E-state index is 13.0. The summed E-state index contributed by atoms with van der Waals surface area (Å²) in [6.45, 7) is -0.123. The van der Waals surface area contributed by atoms with Crippen LogP contribution >= 0.6 is 11.6 Å². The lowest BCUT2D eigenvalue weighted by atomic mass is 10.3. The highest BCUT2D eigenvalue weighted by Gasteiger charge is 2.18. The van der Waals surface area contributed by atoms with Crippen LogP contribution in [-0.2, 0) is 4.74 Å². The number of methoxy groups -OCH3 is 1. The van der Waals surface area contributed by atoms with E-state index in [1.165, 1.54) is 7.11 Å². The average molecular weight is 236 g/mol. The molecule has 1 aromatic rings. The third-order valence-corrected chi connectivity index (χ3v) is 1.83. The summed E-state index contributed by atoms with van der Waals surface area (Å²) in [7, 11) is 1.38. The van der Waals surface area contributed by atoms with Crippen molar-refractivity contribution in [2.75, 3.05) is 13.9 Å². The van der Waals surface area contributed by atoms with Gasteiger partial charge in [-0.15, -0.1) is 0 Å². The third-order valence-electron chi connectivity index (χ3n) is 1.53. The van der Waals surface area contributed by atoms with Gasteiger partial charge in [-0.05, 0) is 0 Å². The molecular weight excluding hydrogens is 229 g/mol. The fourth-order valence-electron chi connectivity index (χ4n) is 0.891. The molecule has 0 radical (unpaired) electrons. The van der Waals surface area contributed by atoms with Crippen molar-refractivity contribution in [3.63, 3.8) is 0 Å². The number of hydrogen-bond donors (Lipinski definition) is 0. The number of nitrogens with zero attached hydrogens (tertiary/aromatic N) is 1. The van der Waals surface area contributed by atoms with Crippen LogP contribution < -0.4 is 4.74 Å². The van der Waals surface area contributed by atoms with Crippen molar-refractivity contribution in [3.8, 4) is 5.75 Å². The van der Waals surface area contributed by atoms with Crippen molar-refractivity contribution in [2.24, 2.45) is 0 Å². The first-order chi connectivity index (χ1) is 7.06. The summed E-state index contributed by atoms with van der Waals surface area (Å²) in [6.07, 6.45) is 0. The van der Waals surface area contributed by atoms with Crippen LogP contribution in [0.4, 0.5) is 10.1 Å². The summed E-state index contributed by atoms with van der Waals surface area (Å²) in [5.41, 5.74) is -0.689. The molecule has 0 aliphatic heterocycles. The highest BCUT2D eigenvalue weighted by molar-refractivity contribution is 6.32. The Morgan fingerprint density at radius 1 is 1.60 bits per heavy atom. The van der Waals surface area contributed by atoms with E-state index in [0.29, 0.717) is 0 Å². The molecule has 7 heteroatoms. The summed E-state index contributed by atoms with van der Waals surface area (Å²) in [6, 6.07) is 1.74. The molecule has 0 heterocycles. The molecule has 0 aliphatic carbocycles. The van der Waals surface area contributed by atoms with Gasteiger partial charge < -0.3 is 9.47 Å². The van der Waals surface area contributed by atoms with Crippen molar-refractivity contribution < 1.29 is 18.8 Å². The Balaban J connectivity index is 3.06. The SMILES string of the molecule is COCOc1cc([N+](=O)[O-])c(F)cc1Cl. The largest absolute Gasteiger partial charge is 0.466 e. The molecule has 0 atom stereocenters. The number of ether oxygens (including phenoxy) is 2. The van der Waals surface area contributed by atoms with Gasteiger partial charge in [0.2, 0.25) is 5.82 Å². The van der Waals surface area contributed by atoms with Gasteiger partial charge in [-0.3, -0.25) is 10.1 Å². The molecule has 0 fully saturated rings. The molecule has 0 unspecified atom stereocenters. The van der Waals surface area contributed by atoms with Crippen LogP contribution in [0.1, 0.15) is 0 Å². The molecular formula is C8H7ClFNO4. The van der Waals surface area contributed by atoms with Crippen LogP contribution in [0.5, 0.6) is 5.75 Å². The zero-order chi connectivity index (χ0) is 11.4. The molecule has 82 valence electrons. The van der Waals surface area contributed by atoms with E-state index in [2.05, 4.69) is 4.74 Å². The normalized spacial score (nSPS) is 10.1. The zero-order valence-electron chi connectivity index (χ0n) is 7.70. The van der Waals surface area contributed by atoms with Crippen LogP contribution in [-0.4, -0.2) is 18.8 Å². The third kappa shape index (κ3) is 2.77.